The van der Waals surface area contributed by atoms with Crippen LogP contribution >= 0.6 is 11.6 Å². The molecule has 0 atom stereocenters. The predicted molar refractivity (Wildman–Crippen MR) is 129 cm³/mol. The maximum absolute atomic E-state index is 13.1. The highest BCUT2D eigenvalue weighted by Crippen LogP contribution is 2.22. The van der Waals surface area contributed by atoms with E-state index in [0.29, 0.717) is 34.3 Å². The lowest BCUT2D eigenvalue weighted by molar-refractivity contribution is 0.431. The van der Waals surface area contributed by atoms with Crippen LogP contribution in [0.4, 0.5) is 10.1 Å². The van der Waals surface area contributed by atoms with Crippen molar-refractivity contribution in [2.75, 3.05) is 4.72 Å². The molecule has 3 aromatic carbocycles. The number of aromatic nitrogens is 4. The molecule has 2 aromatic heterocycles. The molecule has 0 aliphatic heterocycles. The van der Waals surface area contributed by atoms with Gasteiger partial charge in [-0.2, -0.15) is 4.98 Å². The molecule has 176 valence electrons. The van der Waals surface area contributed by atoms with E-state index in [-0.39, 0.29) is 16.6 Å². The van der Waals surface area contributed by atoms with E-state index in [1.165, 1.54) is 36.4 Å². The largest absolute Gasteiger partial charge is 0.332 e. The number of nitrogens with zero attached hydrogens (tertiary/aromatic N) is 4. The molecule has 0 amide bonds. The standard InChI is InChI=1S/C24H17ClFN5O3S/c25-18-5-11-21(12-6-18)35(32,33)30-20-9-1-16(2-10-20)13-31-14-22(27-15-31)24-28-23(29-34-24)17-3-7-19(26)8-4-17/h1-12,14-15,30H,13H2. The fraction of sp³-hybridized carbons (Fsp3) is 0.0417. The van der Waals surface area contributed by atoms with E-state index in [0.717, 1.165) is 5.56 Å². The fourth-order valence-corrected chi connectivity index (χ4v) is 4.50. The Morgan fingerprint density at radius 1 is 0.971 bits per heavy atom. The summed E-state index contributed by atoms with van der Waals surface area (Å²) < 4.78 is 47.9. The zero-order chi connectivity index (χ0) is 24.4. The van der Waals surface area contributed by atoms with Crippen molar-refractivity contribution < 1.29 is 17.3 Å². The van der Waals surface area contributed by atoms with Gasteiger partial charge in [-0.3, -0.25) is 4.72 Å². The van der Waals surface area contributed by atoms with E-state index in [2.05, 4.69) is 19.8 Å². The molecule has 0 fully saturated rings. The SMILES string of the molecule is O=S(=O)(Nc1ccc(Cn2cnc(-c3nc(-c4ccc(F)cc4)no3)c2)cc1)c1ccc(Cl)cc1. The zero-order valence-corrected chi connectivity index (χ0v) is 19.5. The highest BCUT2D eigenvalue weighted by molar-refractivity contribution is 7.92. The van der Waals surface area contributed by atoms with E-state index in [4.69, 9.17) is 16.1 Å². The molecule has 0 bridgehead atoms. The Hall–Kier alpha value is -4.02. The molecule has 0 spiro atoms. The first-order valence-electron chi connectivity index (χ1n) is 10.3. The van der Waals surface area contributed by atoms with Crippen molar-refractivity contribution in [1.29, 1.82) is 0 Å². The summed E-state index contributed by atoms with van der Waals surface area (Å²) in [6, 6.07) is 18.8. The Morgan fingerprint density at radius 2 is 1.69 bits per heavy atom. The minimum atomic E-state index is -3.72. The van der Waals surface area contributed by atoms with Crippen LogP contribution in [0.15, 0.2) is 94.7 Å². The van der Waals surface area contributed by atoms with Crippen LogP contribution in [0.25, 0.3) is 23.0 Å². The molecule has 5 aromatic rings. The van der Waals surface area contributed by atoms with Gasteiger partial charge in [0.15, 0.2) is 0 Å². The Bertz CT molecular complexity index is 1560. The van der Waals surface area contributed by atoms with Gasteiger partial charge < -0.3 is 9.09 Å². The van der Waals surface area contributed by atoms with Crippen LogP contribution in [-0.2, 0) is 16.6 Å². The van der Waals surface area contributed by atoms with Crippen molar-refractivity contribution >= 4 is 27.3 Å². The number of nitrogens with one attached hydrogen (secondary N) is 1. The van der Waals surface area contributed by atoms with Crippen molar-refractivity contribution in [3.63, 3.8) is 0 Å². The number of halogens is 2. The maximum Gasteiger partial charge on any atom is 0.278 e. The topological polar surface area (TPSA) is 103 Å². The Labute approximate surface area is 205 Å². The lowest BCUT2D eigenvalue weighted by Crippen LogP contribution is -2.12. The average molecular weight is 510 g/mol. The second-order valence-electron chi connectivity index (χ2n) is 7.62. The molecule has 0 radical (unpaired) electrons. The zero-order valence-electron chi connectivity index (χ0n) is 18.0. The number of hydrogen-bond acceptors (Lipinski definition) is 6. The van der Waals surface area contributed by atoms with Gasteiger partial charge in [0.2, 0.25) is 5.82 Å². The summed E-state index contributed by atoms with van der Waals surface area (Å²) in [5.74, 6) is 0.240. The van der Waals surface area contributed by atoms with Crippen LogP contribution in [0.1, 0.15) is 5.56 Å². The van der Waals surface area contributed by atoms with Crippen LogP contribution < -0.4 is 4.72 Å². The summed E-state index contributed by atoms with van der Waals surface area (Å²) in [4.78, 5) is 8.77. The van der Waals surface area contributed by atoms with Gasteiger partial charge in [0.25, 0.3) is 15.9 Å². The van der Waals surface area contributed by atoms with Gasteiger partial charge in [0.1, 0.15) is 11.5 Å². The number of imidazole rings is 1. The maximum atomic E-state index is 13.1. The van der Waals surface area contributed by atoms with Crippen LogP contribution in [-0.4, -0.2) is 28.1 Å². The van der Waals surface area contributed by atoms with Crippen molar-refractivity contribution in [2.24, 2.45) is 0 Å². The molecule has 0 unspecified atom stereocenters. The summed E-state index contributed by atoms with van der Waals surface area (Å²) >= 11 is 5.83. The van der Waals surface area contributed by atoms with E-state index in [1.807, 2.05) is 16.7 Å². The van der Waals surface area contributed by atoms with Crippen LogP contribution in [0.5, 0.6) is 0 Å². The molecule has 1 N–H and O–H groups in total. The fourth-order valence-electron chi connectivity index (χ4n) is 3.32. The summed E-state index contributed by atoms with van der Waals surface area (Å²) in [5, 5.41) is 4.39. The minimum absolute atomic E-state index is 0.125. The number of anilines is 1. The molecule has 11 heteroatoms. The van der Waals surface area contributed by atoms with E-state index < -0.39 is 10.0 Å². The third kappa shape index (κ3) is 5.23. The molecule has 0 saturated carbocycles. The third-order valence-electron chi connectivity index (χ3n) is 5.08. The Kier molecular flexibility index (Phi) is 6.06. The molecule has 5 rings (SSSR count). The second-order valence-corrected chi connectivity index (χ2v) is 9.74. The molecular weight excluding hydrogens is 493 g/mol. The van der Waals surface area contributed by atoms with Crippen LogP contribution in [0.3, 0.4) is 0 Å². The normalized spacial score (nSPS) is 11.5. The van der Waals surface area contributed by atoms with Gasteiger partial charge in [0.05, 0.1) is 11.2 Å². The number of hydrogen-bond donors (Lipinski definition) is 1. The number of benzene rings is 3. The smallest absolute Gasteiger partial charge is 0.278 e. The molecule has 35 heavy (non-hydrogen) atoms. The highest BCUT2D eigenvalue weighted by Gasteiger charge is 2.15. The van der Waals surface area contributed by atoms with Gasteiger partial charge in [-0.05, 0) is 66.2 Å². The van der Waals surface area contributed by atoms with Gasteiger partial charge in [-0.15, -0.1) is 0 Å². The van der Waals surface area contributed by atoms with E-state index in [9.17, 15) is 12.8 Å². The number of rotatable bonds is 7. The molecule has 0 saturated heterocycles. The summed E-state index contributed by atoms with van der Waals surface area (Å²) in [6.07, 6.45) is 3.40. The van der Waals surface area contributed by atoms with Crippen molar-refractivity contribution in [3.8, 4) is 23.0 Å². The van der Waals surface area contributed by atoms with Gasteiger partial charge in [0, 0.05) is 29.0 Å². The summed E-state index contributed by atoms with van der Waals surface area (Å²) in [7, 11) is -3.72. The Morgan fingerprint density at radius 3 is 2.40 bits per heavy atom. The molecule has 0 aliphatic carbocycles. The highest BCUT2D eigenvalue weighted by atomic mass is 35.5. The van der Waals surface area contributed by atoms with E-state index in [1.54, 1.807) is 36.8 Å². The summed E-state index contributed by atoms with van der Waals surface area (Å²) in [5.41, 5.74) is 2.50. The lowest BCUT2D eigenvalue weighted by atomic mass is 10.2. The van der Waals surface area contributed by atoms with Crippen LogP contribution in [0.2, 0.25) is 5.02 Å². The Balaban J connectivity index is 1.25. The molecule has 8 nitrogen and oxygen atoms in total. The molecule has 2 heterocycles. The first kappa shape index (κ1) is 22.8. The van der Waals surface area contributed by atoms with Crippen molar-refractivity contribution in [1.82, 2.24) is 19.7 Å². The first-order chi connectivity index (χ1) is 16.9. The van der Waals surface area contributed by atoms with Crippen LogP contribution in [0, 0.1) is 5.82 Å². The monoisotopic (exact) mass is 509 g/mol. The summed E-state index contributed by atoms with van der Waals surface area (Å²) in [6.45, 7) is 0.496. The minimum Gasteiger partial charge on any atom is -0.332 e. The molecular formula is C24H17ClFN5O3S. The van der Waals surface area contributed by atoms with Crippen molar-refractivity contribution in [3.05, 3.63) is 102 Å². The third-order valence-corrected chi connectivity index (χ3v) is 6.73. The van der Waals surface area contributed by atoms with Gasteiger partial charge >= 0.3 is 0 Å². The van der Waals surface area contributed by atoms with Crippen molar-refractivity contribution in [2.45, 2.75) is 11.4 Å². The second kappa shape index (κ2) is 9.32. The number of sulfonamides is 1. The molecule has 0 aliphatic rings. The quantitative estimate of drug-likeness (QED) is 0.322. The van der Waals surface area contributed by atoms with E-state index >= 15 is 0 Å². The first-order valence-corrected chi connectivity index (χ1v) is 12.2. The van der Waals surface area contributed by atoms with Gasteiger partial charge in [-0.1, -0.05) is 28.9 Å². The van der Waals surface area contributed by atoms with Gasteiger partial charge in [-0.25, -0.2) is 17.8 Å². The lowest BCUT2D eigenvalue weighted by Gasteiger charge is -2.09. The average Bonchev–Trinajstić information content (AvgIpc) is 3.51. The predicted octanol–water partition coefficient (Wildman–Crippen LogP) is 5.24.